The lowest BCUT2D eigenvalue weighted by Gasteiger charge is -2.21. The number of benzene rings is 1. The van der Waals surface area contributed by atoms with E-state index in [1.54, 1.807) is 17.4 Å². The molecule has 1 atom stereocenters. The normalized spacial score (nSPS) is 17.9. The summed E-state index contributed by atoms with van der Waals surface area (Å²) in [6.07, 6.45) is 4.20. The van der Waals surface area contributed by atoms with Gasteiger partial charge in [0.2, 0.25) is 0 Å². The van der Waals surface area contributed by atoms with Gasteiger partial charge < -0.3 is 15.0 Å². The molecule has 1 aromatic carbocycles. The Bertz CT molecular complexity index is 595. The van der Waals surface area contributed by atoms with Crippen molar-refractivity contribution in [3.63, 3.8) is 0 Å². The number of rotatable bonds is 5. The number of amides is 2. The first-order valence-corrected chi connectivity index (χ1v) is 7.08. The van der Waals surface area contributed by atoms with Crippen LogP contribution in [0.4, 0.5) is 10.6 Å². The van der Waals surface area contributed by atoms with Gasteiger partial charge in [-0.25, -0.2) is 9.78 Å². The van der Waals surface area contributed by atoms with Gasteiger partial charge in [0, 0.05) is 6.54 Å². The highest BCUT2D eigenvalue weighted by atomic mass is 16.5. The first kappa shape index (κ1) is 13.5. The number of nitrogens with zero attached hydrogens (tertiary/aromatic N) is 2. The summed E-state index contributed by atoms with van der Waals surface area (Å²) in [5.74, 6) is 1.55. The number of carbonyl (C=O) groups is 1. The zero-order valence-electron chi connectivity index (χ0n) is 11.9. The molecule has 2 amide bonds. The van der Waals surface area contributed by atoms with Gasteiger partial charge in [0.1, 0.15) is 11.6 Å². The lowest BCUT2D eigenvalue weighted by Crippen LogP contribution is -2.29. The van der Waals surface area contributed by atoms with Crippen molar-refractivity contribution in [1.82, 2.24) is 15.3 Å². The van der Waals surface area contributed by atoms with Crippen LogP contribution in [0.2, 0.25) is 0 Å². The molecule has 2 aromatic rings. The average molecular weight is 286 g/mol. The topological polar surface area (TPSA) is 70.2 Å². The molecule has 2 heterocycles. The van der Waals surface area contributed by atoms with E-state index in [2.05, 4.69) is 22.2 Å². The number of anilines is 1. The number of ether oxygens (including phenoxy) is 1. The van der Waals surface area contributed by atoms with E-state index in [0.717, 1.165) is 17.7 Å². The Labute approximate surface area is 123 Å². The summed E-state index contributed by atoms with van der Waals surface area (Å²) < 4.78 is 5.58. The SMILES string of the molecule is CCCOc1ccc(C2CNC(=O)N2c2cnc[nH]2)cc1. The zero-order chi connectivity index (χ0) is 14.7. The summed E-state index contributed by atoms with van der Waals surface area (Å²) in [5.41, 5.74) is 1.06. The Balaban J connectivity index is 1.80. The van der Waals surface area contributed by atoms with E-state index >= 15 is 0 Å². The van der Waals surface area contributed by atoms with Crippen molar-refractivity contribution in [3.05, 3.63) is 42.4 Å². The van der Waals surface area contributed by atoms with E-state index in [1.807, 2.05) is 24.3 Å². The Morgan fingerprint density at radius 2 is 2.19 bits per heavy atom. The van der Waals surface area contributed by atoms with Crippen LogP contribution in [0.25, 0.3) is 0 Å². The maximum Gasteiger partial charge on any atom is 0.323 e. The Hall–Kier alpha value is -2.50. The van der Waals surface area contributed by atoms with Gasteiger partial charge in [0.05, 0.1) is 25.2 Å². The van der Waals surface area contributed by atoms with Crippen molar-refractivity contribution < 1.29 is 9.53 Å². The highest BCUT2D eigenvalue weighted by Crippen LogP contribution is 2.29. The monoisotopic (exact) mass is 286 g/mol. The van der Waals surface area contributed by atoms with Crippen LogP contribution in [0.1, 0.15) is 24.9 Å². The van der Waals surface area contributed by atoms with Gasteiger partial charge in [-0.05, 0) is 24.1 Å². The van der Waals surface area contributed by atoms with Crippen molar-refractivity contribution >= 4 is 11.8 Å². The van der Waals surface area contributed by atoms with Crippen molar-refractivity contribution in [2.75, 3.05) is 18.1 Å². The van der Waals surface area contributed by atoms with E-state index in [4.69, 9.17) is 4.74 Å². The van der Waals surface area contributed by atoms with E-state index < -0.39 is 0 Å². The summed E-state index contributed by atoms with van der Waals surface area (Å²) in [5, 5.41) is 2.86. The molecule has 1 aliphatic rings. The Morgan fingerprint density at radius 3 is 2.86 bits per heavy atom. The number of hydrogen-bond acceptors (Lipinski definition) is 3. The van der Waals surface area contributed by atoms with Crippen LogP contribution in [0.3, 0.4) is 0 Å². The first-order valence-electron chi connectivity index (χ1n) is 7.08. The Morgan fingerprint density at radius 1 is 1.38 bits per heavy atom. The third kappa shape index (κ3) is 2.69. The van der Waals surface area contributed by atoms with Gasteiger partial charge in [-0.15, -0.1) is 0 Å². The summed E-state index contributed by atoms with van der Waals surface area (Å²) in [6.45, 7) is 3.36. The molecule has 6 nitrogen and oxygen atoms in total. The number of H-pyrrole nitrogens is 1. The van der Waals surface area contributed by atoms with Gasteiger partial charge in [-0.2, -0.15) is 0 Å². The van der Waals surface area contributed by atoms with Crippen molar-refractivity contribution in [2.24, 2.45) is 0 Å². The standard InChI is InChI=1S/C15H18N4O2/c1-2-7-21-12-5-3-11(4-6-12)13-8-17-15(20)19(13)14-9-16-10-18-14/h3-6,9-10,13H,2,7-8H2,1H3,(H,16,18)(H,17,20). The molecule has 6 heteroatoms. The molecular formula is C15H18N4O2. The third-order valence-corrected chi connectivity index (χ3v) is 3.46. The number of aromatic amines is 1. The molecule has 1 saturated heterocycles. The van der Waals surface area contributed by atoms with E-state index in [1.165, 1.54) is 0 Å². The van der Waals surface area contributed by atoms with Gasteiger partial charge in [0.25, 0.3) is 0 Å². The fourth-order valence-electron chi connectivity index (χ4n) is 2.43. The molecule has 0 saturated carbocycles. The van der Waals surface area contributed by atoms with Crippen molar-refractivity contribution in [3.8, 4) is 5.75 Å². The maximum absolute atomic E-state index is 12.0. The quantitative estimate of drug-likeness (QED) is 0.887. The largest absolute Gasteiger partial charge is 0.494 e. The van der Waals surface area contributed by atoms with Crippen molar-refractivity contribution in [2.45, 2.75) is 19.4 Å². The third-order valence-electron chi connectivity index (χ3n) is 3.46. The number of hydrogen-bond donors (Lipinski definition) is 2. The molecule has 3 rings (SSSR count). The highest BCUT2D eigenvalue weighted by Gasteiger charge is 2.33. The molecule has 1 fully saturated rings. The predicted octanol–water partition coefficient (Wildman–Crippen LogP) is 2.47. The minimum Gasteiger partial charge on any atom is -0.494 e. The van der Waals surface area contributed by atoms with Gasteiger partial charge in [0.15, 0.2) is 0 Å². The van der Waals surface area contributed by atoms with E-state index in [9.17, 15) is 4.79 Å². The summed E-state index contributed by atoms with van der Waals surface area (Å²) >= 11 is 0. The molecular weight excluding hydrogens is 268 g/mol. The van der Waals surface area contributed by atoms with Crippen LogP contribution in [-0.2, 0) is 0 Å². The molecule has 0 radical (unpaired) electrons. The predicted molar refractivity (Wildman–Crippen MR) is 79.4 cm³/mol. The maximum atomic E-state index is 12.0. The highest BCUT2D eigenvalue weighted by molar-refractivity contribution is 5.94. The summed E-state index contributed by atoms with van der Waals surface area (Å²) in [7, 11) is 0. The number of urea groups is 1. The summed E-state index contributed by atoms with van der Waals surface area (Å²) in [6, 6.07) is 7.73. The van der Waals surface area contributed by atoms with E-state index in [0.29, 0.717) is 19.0 Å². The van der Waals surface area contributed by atoms with Gasteiger partial charge in [-0.1, -0.05) is 19.1 Å². The minimum absolute atomic E-state index is 0.0434. The van der Waals surface area contributed by atoms with Gasteiger partial charge >= 0.3 is 6.03 Å². The molecule has 0 bridgehead atoms. The van der Waals surface area contributed by atoms with Crippen LogP contribution in [0, 0.1) is 0 Å². The second-order valence-electron chi connectivity index (χ2n) is 4.93. The van der Waals surface area contributed by atoms with Gasteiger partial charge in [-0.3, -0.25) is 4.90 Å². The van der Waals surface area contributed by atoms with E-state index in [-0.39, 0.29) is 12.1 Å². The lowest BCUT2D eigenvalue weighted by atomic mass is 10.1. The molecule has 0 spiro atoms. The molecule has 110 valence electrons. The second-order valence-corrected chi connectivity index (χ2v) is 4.93. The average Bonchev–Trinajstić information content (AvgIpc) is 3.14. The lowest BCUT2D eigenvalue weighted by molar-refractivity contribution is 0.251. The second kappa shape index (κ2) is 5.87. The fourth-order valence-corrected chi connectivity index (χ4v) is 2.43. The van der Waals surface area contributed by atoms with Crippen molar-refractivity contribution in [1.29, 1.82) is 0 Å². The molecule has 1 aliphatic heterocycles. The number of aromatic nitrogens is 2. The number of carbonyl (C=O) groups excluding carboxylic acids is 1. The smallest absolute Gasteiger partial charge is 0.323 e. The fraction of sp³-hybridized carbons (Fsp3) is 0.333. The number of imidazole rings is 1. The number of nitrogens with one attached hydrogen (secondary N) is 2. The van der Waals surface area contributed by atoms with Crippen LogP contribution >= 0.6 is 0 Å². The van der Waals surface area contributed by atoms with Crippen LogP contribution in [0.15, 0.2) is 36.8 Å². The van der Waals surface area contributed by atoms with Crippen LogP contribution in [0.5, 0.6) is 5.75 Å². The molecule has 21 heavy (non-hydrogen) atoms. The zero-order valence-corrected chi connectivity index (χ0v) is 11.9. The Kier molecular flexibility index (Phi) is 3.77. The molecule has 2 N–H and O–H groups in total. The first-order chi connectivity index (χ1) is 10.3. The van der Waals surface area contributed by atoms with Crippen LogP contribution in [-0.4, -0.2) is 29.2 Å². The van der Waals surface area contributed by atoms with Crippen LogP contribution < -0.4 is 15.0 Å². The molecule has 0 aliphatic carbocycles. The molecule has 1 aromatic heterocycles. The molecule has 1 unspecified atom stereocenters. The minimum atomic E-state index is -0.115. The summed E-state index contributed by atoms with van der Waals surface area (Å²) in [4.78, 5) is 20.7.